The lowest BCUT2D eigenvalue weighted by Crippen LogP contribution is -2.49. The number of nitrogens with zero attached hydrogens (tertiary/aromatic N) is 1. The quantitative estimate of drug-likeness (QED) is 0.189. The van der Waals surface area contributed by atoms with Gasteiger partial charge in [-0.1, -0.05) is 78.9 Å². The van der Waals surface area contributed by atoms with Crippen LogP contribution in [0.25, 0.3) is 6.08 Å². The SMILES string of the molecule is C=CCOc1ccccc1C(=O)[C@@H]1[C@H](C(=O)c2ccc(Cl)cc2)N2C=Cc3ccccc3[C@@H]2[C@@]12C(=O)Nc1ccccc12. The van der Waals surface area contributed by atoms with Gasteiger partial charge in [0.25, 0.3) is 0 Å². The van der Waals surface area contributed by atoms with Gasteiger partial charge in [-0.15, -0.1) is 0 Å². The number of para-hydroxylation sites is 2. The average molecular weight is 587 g/mol. The van der Waals surface area contributed by atoms with Crippen LogP contribution in [0.3, 0.4) is 0 Å². The normalized spacial score (nSPS) is 22.9. The van der Waals surface area contributed by atoms with Gasteiger partial charge in [0.2, 0.25) is 5.91 Å². The van der Waals surface area contributed by atoms with Crippen LogP contribution in [0.1, 0.15) is 43.4 Å². The van der Waals surface area contributed by atoms with Crippen LogP contribution in [0.5, 0.6) is 5.75 Å². The van der Waals surface area contributed by atoms with Gasteiger partial charge in [-0.25, -0.2) is 0 Å². The van der Waals surface area contributed by atoms with E-state index in [-0.39, 0.29) is 24.1 Å². The zero-order valence-corrected chi connectivity index (χ0v) is 23.8. The standard InChI is InChI=1S/C36H27ClN2O4/c1-2-21-43-29-14-8-5-11-26(29)33(41)30-31(32(40)23-15-17-24(37)18-16-23)39-20-19-22-9-3-4-10-25(22)34(39)36(30)27-12-6-7-13-28(27)38-35(36)42/h2-20,30-31,34H,1,21H2,(H,38,42)/t30-,31+,34+,36-/m0/s1. The number of hydrogen-bond acceptors (Lipinski definition) is 5. The Morgan fingerprint density at radius 1 is 0.930 bits per heavy atom. The number of ketones is 2. The molecule has 0 radical (unpaired) electrons. The lowest BCUT2D eigenvalue weighted by molar-refractivity contribution is -0.122. The highest BCUT2D eigenvalue weighted by molar-refractivity contribution is 6.30. The van der Waals surface area contributed by atoms with Crippen LogP contribution in [0, 0.1) is 5.92 Å². The molecule has 6 nitrogen and oxygen atoms in total. The van der Waals surface area contributed by atoms with Crippen molar-refractivity contribution < 1.29 is 19.1 Å². The maximum atomic E-state index is 15.1. The van der Waals surface area contributed by atoms with Crippen molar-refractivity contribution in [1.29, 1.82) is 0 Å². The van der Waals surface area contributed by atoms with Gasteiger partial charge in [0.05, 0.1) is 17.5 Å². The number of ether oxygens (including phenoxy) is 1. The number of halogens is 1. The van der Waals surface area contributed by atoms with Crippen molar-refractivity contribution in [3.63, 3.8) is 0 Å². The Balaban J connectivity index is 1.52. The van der Waals surface area contributed by atoms with Crippen LogP contribution >= 0.6 is 11.6 Å². The molecule has 0 saturated carbocycles. The minimum absolute atomic E-state index is 0.196. The molecule has 43 heavy (non-hydrogen) atoms. The van der Waals surface area contributed by atoms with Crippen molar-refractivity contribution in [3.8, 4) is 5.75 Å². The van der Waals surface area contributed by atoms with E-state index in [0.29, 0.717) is 33.1 Å². The third-order valence-corrected chi connectivity index (χ3v) is 9.01. The lowest BCUT2D eigenvalue weighted by atomic mass is 9.62. The second kappa shape index (κ2) is 10.4. The van der Waals surface area contributed by atoms with E-state index in [1.165, 1.54) is 0 Å². The minimum Gasteiger partial charge on any atom is -0.489 e. The molecule has 1 fully saturated rings. The van der Waals surface area contributed by atoms with Crippen LogP contribution in [0.15, 0.2) is 116 Å². The van der Waals surface area contributed by atoms with Crippen LogP contribution in [-0.4, -0.2) is 35.0 Å². The summed E-state index contributed by atoms with van der Waals surface area (Å²) in [4.78, 5) is 46.2. The maximum Gasteiger partial charge on any atom is 0.238 e. The van der Waals surface area contributed by atoms with Gasteiger partial charge in [-0.2, -0.15) is 0 Å². The van der Waals surface area contributed by atoms with Gasteiger partial charge in [-0.05, 0) is 65.2 Å². The molecule has 3 aliphatic rings. The Morgan fingerprint density at radius 3 is 2.47 bits per heavy atom. The topological polar surface area (TPSA) is 75.7 Å². The monoisotopic (exact) mass is 586 g/mol. The zero-order chi connectivity index (χ0) is 29.7. The van der Waals surface area contributed by atoms with Gasteiger partial charge in [-0.3, -0.25) is 14.4 Å². The molecular weight excluding hydrogens is 560 g/mol. The van der Waals surface area contributed by atoms with E-state index in [1.54, 1.807) is 54.6 Å². The molecule has 0 aliphatic carbocycles. The fourth-order valence-electron chi connectivity index (χ4n) is 7.06. The van der Waals surface area contributed by atoms with E-state index in [9.17, 15) is 9.59 Å². The Morgan fingerprint density at radius 2 is 1.65 bits per heavy atom. The number of carbonyl (C=O) groups is 3. The number of rotatable bonds is 7. The van der Waals surface area contributed by atoms with Gasteiger partial charge < -0.3 is 15.0 Å². The second-order valence-corrected chi connectivity index (χ2v) is 11.4. The van der Waals surface area contributed by atoms with Crippen molar-refractivity contribution in [2.75, 3.05) is 11.9 Å². The molecular formula is C36H27ClN2O4. The number of amides is 1. The summed E-state index contributed by atoms with van der Waals surface area (Å²) in [5.74, 6) is -1.67. The van der Waals surface area contributed by atoms with Crippen molar-refractivity contribution >= 4 is 40.8 Å². The fraction of sp³-hybridized carbons (Fsp3) is 0.139. The number of hydrogen-bond donors (Lipinski definition) is 1. The van der Waals surface area contributed by atoms with E-state index in [0.717, 1.165) is 11.1 Å². The molecule has 4 aromatic carbocycles. The first-order valence-corrected chi connectivity index (χ1v) is 14.5. The summed E-state index contributed by atoms with van der Waals surface area (Å²) in [7, 11) is 0. The number of carbonyl (C=O) groups excluding carboxylic acids is 3. The predicted molar refractivity (Wildman–Crippen MR) is 166 cm³/mol. The fourth-order valence-corrected chi connectivity index (χ4v) is 7.19. The summed E-state index contributed by atoms with van der Waals surface area (Å²) >= 11 is 6.17. The highest BCUT2D eigenvalue weighted by Gasteiger charge is 2.70. The molecule has 7 rings (SSSR count). The van der Waals surface area contributed by atoms with E-state index in [1.807, 2.05) is 65.7 Å². The van der Waals surface area contributed by atoms with Crippen LogP contribution in [-0.2, 0) is 10.2 Å². The molecule has 1 saturated heterocycles. The molecule has 3 heterocycles. The Hall–Kier alpha value is -4.94. The van der Waals surface area contributed by atoms with Crippen molar-refractivity contribution in [2.45, 2.75) is 17.5 Å². The maximum absolute atomic E-state index is 15.1. The van der Waals surface area contributed by atoms with Crippen molar-refractivity contribution in [2.24, 2.45) is 5.92 Å². The van der Waals surface area contributed by atoms with Crippen LogP contribution in [0.2, 0.25) is 5.02 Å². The van der Waals surface area contributed by atoms with E-state index in [2.05, 4.69) is 11.9 Å². The molecule has 1 spiro atoms. The second-order valence-electron chi connectivity index (χ2n) is 10.9. The number of fused-ring (bicyclic) bond motifs is 6. The highest BCUT2D eigenvalue weighted by Crippen LogP contribution is 2.62. The van der Waals surface area contributed by atoms with Crippen molar-refractivity contribution in [3.05, 3.63) is 149 Å². The highest BCUT2D eigenvalue weighted by atomic mass is 35.5. The molecule has 4 atom stereocenters. The van der Waals surface area contributed by atoms with Crippen LogP contribution < -0.4 is 10.1 Å². The van der Waals surface area contributed by atoms with Crippen molar-refractivity contribution in [1.82, 2.24) is 4.90 Å². The summed E-state index contributed by atoms with van der Waals surface area (Å²) in [6.45, 7) is 3.93. The Bertz CT molecular complexity index is 1830. The molecule has 0 bridgehead atoms. The summed E-state index contributed by atoms with van der Waals surface area (Å²) in [5, 5.41) is 3.57. The summed E-state index contributed by atoms with van der Waals surface area (Å²) in [6, 6.07) is 27.2. The Labute approximate surface area is 254 Å². The Kier molecular flexibility index (Phi) is 6.51. The number of Topliss-reactive ketones (excluding diaryl/α,β-unsaturated/α-hetero) is 2. The molecule has 7 heteroatoms. The largest absolute Gasteiger partial charge is 0.489 e. The van der Waals surface area contributed by atoms with Gasteiger partial charge in [0.15, 0.2) is 11.6 Å². The van der Waals surface area contributed by atoms with E-state index < -0.39 is 23.4 Å². The summed E-state index contributed by atoms with van der Waals surface area (Å²) in [6.07, 6.45) is 5.40. The predicted octanol–water partition coefficient (Wildman–Crippen LogP) is 6.89. The molecule has 212 valence electrons. The molecule has 0 unspecified atom stereocenters. The van der Waals surface area contributed by atoms with Gasteiger partial charge >= 0.3 is 0 Å². The number of benzene rings is 4. The van der Waals surface area contributed by atoms with E-state index in [4.69, 9.17) is 16.3 Å². The minimum atomic E-state index is -1.42. The lowest BCUT2D eigenvalue weighted by Gasteiger charge is -2.38. The molecule has 0 aromatic heterocycles. The first kappa shape index (κ1) is 26.9. The smallest absolute Gasteiger partial charge is 0.238 e. The number of anilines is 1. The molecule has 3 aliphatic heterocycles. The van der Waals surface area contributed by atoms with Gasteiger partial charge in [0.1, 0.15) is 23.8 Å². The summed E-state index contributed by atoms with van der Waals surface area (Å²) < 4.78 is 5.92. The average Bonchev–Trinajstić information content (AvgIpc) is 3.52. The number of nitrogens with one attached hydrogen (secondary N) is 1. The first-order chi connectivity index (χ1) is 21.0. The third-order valence-electron chi connectivity index (χ3n) is 8.76. The molecule has 4 aromatic rings. The summed E-state index contributed by atoms with van der Waals surface area (Å²) in [5.41, 5.74) is 2.41. The van der Waals surface area contributed by atoms with Crippen LogP contribution in [0.4, 0.5) is 5.69 Å². The zero-order valence-electron chi connectivity index (χ0n) is 23.1. The molecule has 1 amide bonds. The van der Waals surface area contributed by atoms with E-state index >= 15 is 4.79 Å². The van der Waals surface area contributed by atoms with Gasteiger partial charge in [0, 0.05) is 22.5 Å². The first-order valence-electron chi connectivity index (χ1n) is 14.1. The third kappa shape index (κ3) is 3.97. The molecule has 1 N–H and O–H groups in total.